The number of benzene rings is 1. The molecule has 7 nitrogen and oxygen atoms in total. The Bertz CT molecular complexity index is 1120. The fourth-order valence-electron chi connectivity index (χ4n) is 3.05. The van der Waals surface area contributed by atoms with Gasteiger partial charge >= 0.3 is 6.09 Å². The summed E-state index contributed by atoms with van der Waals surface area (Å²) < 4.78 is 6.68. The minimum absolute atomic E-state index is 0.0102. The number of imidazole rings is 1. The van der Waals surface area contributed by atoms with E-state index in [4.69, 9.17) is 32.9 Å². The molecule has 0 aliphatic carbocycles. The number of anilines is 1. The maximum Gasteiger partial charge on any atom is 0.423 e. The van der Waals surface area contributed by atoms with Gasteiger partial charge in [-0.15, -0.1) is 0 Å². The van der Waals surface area contributed by atoms with Crippen LogP contribution in [0.25, 0.3) is 0 Å². The number of carbonyl (C=O) groups excluding carboxylic acids is 2. The molecular weight excluding hydrogens is 471 g/mol. The van der Waals surface area contributed by atoms with E-state index in [9.17, 15) is 9.59 Å². The van der Waals surface area contributed by atoms with E-state index in [0.29, 0.717) is 16.6 Å². The lowest BCUT2D eigenvalue weighted by atomic mass is 10.1. The number of amides is 2. The van der Waals surface area contributed by atoms with Crippen LogP contribution in [0.2, 0.25) is 10.0 Å². The number of hydrogen-bond donors (Lipinski definition) is 0. The van der Waals surface area contributed by atoms with Gasteiger partial charge in [0, 0.05) is 34.3 Å². The number of rotatable bonds is 6. The molecule has 0 bridgehead atoms. The molecule has 0 saturated carbocycles. The van der Waals surface area contributed by atoms with Crippen molar-refractivity contribution >= 4 is 52.9 Å². The number of imide groups is 1. The number of nitrogens with zero attached hydrogens (tertiary/aromatic N) is 4. The van der Waals surface area contributed by atoms with Crippen LogP contribution in [0.1, 0.15) is 37.9 Å². The third-order valence-electron chi connectivity index (χ3n) is 4.49. The van der Waals surface area contributed by atoms with Crippen molar-refractivity contribution in [3.05, 3.63) is 64.0 Å². The molecule has 168 valence electrons. The molecular formula is C22H22Cl2N4O3S. The number of aromatic nitrogens is 3. The molecule has 32 heavy (non-hydrogen) atoms. The molecule has 0 spiro atoms. The number of hydrogen-bond acceptors (Lipinski definition) is 6. The summed E-state index contributed by atoms with van der Waals surface area (Å²) in [5.41, 5.74) is 1.65. The largest absolute Gasteiger partial charge is 0.452 e. The van der Waals surface area contributed by atoms with E-state index < -0.39 is 12.0 Å². The van der Waals surface area contributed by atoms with E-state index in [-0.39, 0.29) is 11.9 Å². The Hall–Kier alpha value is -2.55. The fraction of sp³-hybridized carbons (Fsp3) is 0.273. The highest BCUT2D eigenvalue weighted by Crippen LogP contribution is 2.39. The first-order chi connectivity index (χ1) is 15.2. The molecule has 0 saturated heterocycles. The van der Waals surface area contributed by atoms with Gasteiger partial charge in [0.1, 0.15) is 5.03 Å². The van der Waals surface area contributed by atoms with Crippen molar-refractivity contribution in [2.45, 2.75) is 43.2 Å². The van der Waals surface area contributed by atoms with Gasteiger partial charge in [0.2, 0.25) is 11.9 Å². The highest BCUT2D eigenvalue weighted by atomic mass is 35.5. The second-order valence-electron chi connectivity index (χ2n) is 7.23. The smallest absolute Gasteiger partial charge is 0.423 e. The summed E-state index contributed by atoms with van der Waals surface area (Å²) in [5, 5.41) is 1.78. The highest BCUT2D eigenvalue weighted by molar-refractivity contribution is 7.99. The summed E-state index contributed by atoms with van der Waals surface area (Å²) in [5.74, 6) is -0.313. The first kappa shape index (κ1) is 24.1. The van der Waals surface area contributed by atoms with Crippen LogP contribution in [-0.4, -0.2) is 33.6 Å². The summed E-state index contributed by atoms with van der Waals surface area (Å²) in [7, 11) is 1.22. The van der Waals surface area contributed by atoms with Gasteiger partial charge in [-0.1, -0.05) is 48.8 Å². The number of pyridine rings is 1. The van der Waals surface area contributed by atoms with E-state index in [1.54, 1.807) is 30.6 Å². The second-order valence-corrected chi connectivity index (χ2v) is 9.17. The molecule has 3 aromatic rings. The standard InChI is InChI=1S/C22H22Cl2N4O3S/c1-13(2)19-20(32-18-10-16(23)9-17(24)11-18)27(12-15-5-7-25-8-6-15)21(26-19)28(14(3)29)22(30)31-4/h5-11,13H,12H2,1-4H3. The predicted octanol–water partition coefficient (Wildman–Crippen LogP) is 6.03. The third kappa shape index (κ3) is 5.43. The van der Waals surface area contributed by atoms with Crippen molar-refractivity contribution in [1.29, 1.82) is 0 Å². The Labute approximate surface area is 200 Å². The van der Waals surface area contributed by atoms with Gasteiger partial charge in [0.05, 0.1) is 19.3 Å². The number of methoxy groups -OCH3 is 1. The summed E-state index contributed by atoms with van der Waals surface area (Å²) in [6.45, 7) is 5.64. The summed E-state index contributed by atoms with van der Waals surface area (Å²) in [6.07, 6.45) is 2.56. The maximum atomic E-state index is 12.5. The normalized spacial score (nSPS) is 11.0. The molecule has 0 fully saturated rings. The van der Waals surface area contributed by atoms with Crippen LogP contribution in [0, 0.1) is 0 Å². The average molecular weight is 493 g/mol. The lowest BCUT2D eigenvalue weighted by Gasteiger charge is -2.19. The Morgan fingerprint density at radius 1 is 1.16 bits per heavy atom. The van der Waals surface area contributed by atoms with Gasteiger partial charge in [-0.25, -0.2) is 9.78 Å². The van der Waals surface area contributed by atoms with E-state index in [1.807, 2.05) is 30.5 Å². The Morgan fingerprint density at radius 3 is 2.31 bits per heavy atom. The van der Waals surface area contributed by atoms with Crippen molar-refractivity contribution in [3.63, 3.8) is 0 Å². The molecule has 3 rings (SSSR count). The van der Waals surface area contributed by atoms with Gasteiger partial charge in [-0.3, -0.25) is 14.3 Å². The zero-order valence-corrected chi connectivity index (χ0v) is 20.3. The van der Waals surface area contributed by atoms with E-state index in [1.165, 1.54) is 25.8 Å². The van der Waals surface area contributed by atoms with E-state index in [2.05, 4.69) is 4.98 Å². The van der Waals surface area contributed by atoms with Crippen molar-refractivity contribution in [3.8, 4) is 0 Å². The zero-order chi connectivity index (χ0) is 23.4. The minimum atomic E-state index is -0.809. The van der Waals surface area contributed by atoms with Gasteiger partial charge in [0.15, 0.2) is 0 Å². The number of halogens is 2. The first-order valence-electron chi connectivity index (χ1n) is 9.73. The molecule has 0 N–H and O–H groups in total. The molecule has 0 radical (unpaired) electrons. The fourth-order valence-corrected chi connectivity index (χ4v) is 4.95. The van der Waals surface area contributed by atoms with Gasteiger partial charge in [-0.05, 0) is 41.8 Å². The van der Waals surface area contributed by atoms with E-state index >= 15 is 0 Å². The van der Waals surface area contributed by atoms with Crippen LogP contribution < -0.4 is 4.90 Å². The molecule has 10 heteroatoms. The van der Waals surface area contributed by atoms with Gasteiger partial charge < -0.3 is 4.74 Å². The summed E-state index contributed by atoms with van der Waals surface area (Å²) >= 11 is 13.8. The van der Waals surface area contributed by atoms with Crippen LogP contribution >= 0.6 is 35.0 Å². The summed E-state index contributed by atoms with van der Waals surface area (Å²) in [4.78, 5) is 35.4. The van der Waals surface area contributed by atoms with Crippen LogP contribution in [0.4, 0.5) is 10.7 Å². The lowest BCUT2D eigenvalue weighted by molar-refractivity contribution is -0.116. The van der Waals surface area contributed by atoms with Crippen molar-refractivity contribution in [1.82, 2.24) is 14.5 Å². The van der Waals surface area contributed by atoms with Crippen molar-refractivity contribution < 1.29 is 14.3 Å². The molecule has 0 aliphatic rings. The van der Waals surface area contributed by atoms with Crippen LogP contribution in [0.15, 0.2) is 52.6 Å². The SMILES string of the molecule is COC(=O)N(C(C)=O)c1nc(C(C)C)c(Sc2cc(Cl)cc(Cl)c2)n1Cc1ccncc1. The maximum absolute atomic E-state index is 12.5. The van der Waals surface area contributed by atoms with Crippen LogP contribution in [0.5, 0.6) is 0 Å². The topological polar surface area (TPSA) is 77.3 Å². The average Bonchev–Trinajstić information content (AvgIpc) is 3.05. The quantitative estimate of drug-likeness (QED) is 0.418. The molecule has 1 aromatic carbocycles. The Kier molecular flexibility index (Phi) is 7.82. The zero-order valence-electron chi connectivity index (χ0n) is 18.0. The number of ether oxygens (including phenoxy) is 1. The third-order valence-corrected chi connectivity index (χ3v) is 6.02. The van der Waals surface area contributed by atoms with Crippen LogP contribution in [0.3, 0.4) is 0 Å². The van der Waals surface area contributed by atoms with Crippen LogP contribution in [-0.2, 0) is 16.1 Å². The van der Waals surface area contributed by atoms with Crippen molar-refractivity contribution in [2.24, 2.45) is 0 Å². The monoisotopic (exact) mass is 492 g/mol. The lowest BCUT2D eigenvalue weighted by Crippen LogP contribution is -2.37. The molecule has 2 amide bonds. The predicted molar refractivity (Wildman–Crippen MR) is 126 cm³/mol. The van der Waals surface area contributed by atoms with Gasteiger partial charge in [-0.2, -0.15) is 4.90 Å². The molecule has 2 aromatic heterocycles. The number of carbonyl (C=O) groups is 2. The Morgan fingerprint density at radius 2 is 1.78 bits per heavy atom. The Balaban J connectivity index is 2.23. The van der Waals surface area contributed by atoms with E-state index in [0.717, 1.165) is 26.1 Å². The second kappa shape index (κ2) is 10.4. The molecule has 2 heterocycles. The summed E-state index contributed by atoms with van der Waals surface area (Å²) in [6, 6.07) is 8.98. The molecule has 0 aliphatic heterocycles. The van der Waals surface area contributed by atoms with Gasteiger partial charge in [0.25, 0.3) is 0 Å². The van der Waals surface area contributed by atoms with Crippen molar-refractivity contribution in [2.75, 3.05) is 12.0 Å². The first-order valence-corrected chi connectivity index (χ1v) is 11.3. The minimum Gasteiger partial charge on any atom is -0.452 e. The highest BCUT2D eigenvalue weighted by Gasteiger charge is 2.30. The molecule has 0 atom stereocenters. The molecule has 0 unspecified atom stereocenters.